The summed E-state index contributed by atoms with van der Waals surface area (Å²) in [4.78, 5) is 0. The molecule has 0 spiro atoms. The Kier molecular flexibility index (Phi) is 4.89. The highest BCUT2D eigenvalue weighted by Gasteiger charge is 2.18. The monoisotopic (exact) mass is 348 g/mol. The normalized spacial score (nSPS) is 12.5. The Labute approximate surface area is 142 Å². The van der Waals surface area contributed by atoms with Gasteiger partial charge in [-0.15, -0.1) is 27.1 Å². The highest BCUT2D eigenvalue weighted by Crippen LogP contribution is 2.30. The van der Waals surface area contributed by atoms with Crippen LogP contribution >= 0.6 is 11.8 Å². The van der Waals surface area contributed by atoms with Gasteiger partial charge in [-0.2, -0.15) is 4.68 Å². The predicted octanol–water partition coefficient (Wildman–Crippen LogP) is 3.05. The molecule has 1 aromatic carbocycles. The lowest BCUT2D eigenvalue weighted by atomic mass is 10.2. The molecule has 2 aromatic heterocycles. The number of halogens is 1. The zero-order chi connectivity index (χ0) is 17.1. The maximum Gasteiger partial charge on any atom is 0.229 e. The summed E-state index contributed by atoms with van der Waals surface area (Å²) < 4.78 is 21.0. The minimum atomic E-state index is -0.364. The molecule has 0 saturated carbocycles. The summed E-state index contributed by atoms with van der Waals surface area (Å²) in [7, 11) is 0. The van der Waals surface area contributed by atoms with Crippen LogP contribution in [0.4, 0.5) is 4.39 Å². The first kappa shape index (κ1) is 16.6. The van der Waals surface area contributed by atoms with Crippen molar-refractivity contribution < 1.29 is 8.81 Å². The second-order valence-corrected chi connectivity index (χ2v) is 6.63. The smallest absolute Gasteiger partial charge is 0.229 e. The lowest BCUT2D eigenvalue weighted by Crippen LogP contribution is -2.05. The van der Waals surface area contributed by atoms with Crippen LogP contribution in [0.25, 0.3) is 5.69 Å². The molecule has 7 nitrogen and oxygen atoms in total. The second kappa shape index (κ2) is 7.08. The van der Waals surface area contributed by atoms with Crippen molar-refractivity contribution in [1.29, 1.82) is 0 Å². The fourth-order valence-corrected chi connectivity index (χ4v) is 2.93. The number of nitrogens with zero attached hydrogens (tertiary/aromatic N) is 6. The van der Waals surface area contributed by atoms with Gasteiger partial charge in [-0.3, -0.25) is 0 Å². The molecule has 0 aliphatic carbocycles. The first-order valence-electron chi connectivity index (χ1n) is 7.56. The van der Waals surface area contributed by atoms with Crippen LogP contribution in [-0.4, -0.2) is 30.4 Å². The van der Waals surface area contributed by atoms with E-state index in [2.05, 4.69) is 25.7 Å². The number of aromatic nitrogens is 6. The van der Waals surface area contributed by atoms with Gasteiger partial charge in [-0.1, -0.05) is 13.0 Å². The molecule has 0 N–H and O–H groups in total. The van der Waals surface area contributed by atoms with Crippen LogP contribution in [0.1, 0.15) is 42.3 Å². The van der Waals surface area contributed by atoms with Crippen molar-refractivity contribution in [3.63, 3.8) is 0 Å². The lowest BCUT2D eigenvalue weighted by molar-refractivity contribution is 0.456. The third-order valence-corrected chi connectivity index (χ3v) is 4.59. The Balaban J connectivity index is 1.75. The van der Waals surface area contributed by atoms with Gasteiger partial charge in [0.25, 0.3) is 0 Å². The van der Waals surface area contributed by atoms with E-state index in [0.29, 0.717) is 35.5 Å². The zero-order valence-electron chi connectivity index (χ0n) is 13.6. The van der Waals surface area contributed by atoms with E-state index in [0.717, 1.165) is 5.56 Å². The van der Waals surface area contributed by atoms with Crippen molar-refractivity contribution in [2.24, 2.45) is 0 Å². The zero-order valence-corrected chi connectivity index (χ0v) is 14.4. The highest BCUT2D eigenvalue weighted by atomic mass is 32.2. The minimum Gasteiger partial charge on any atom is -0.424 e. The summed E-state index contributed by atoms with van der Waals surface area (Å²) in [6.07, 6.45) is 0.704. The fraction of sp³-hybridized carbons (Fsp3) is 0.400. The third-order valence-electron chi connectivity index (χ3n) is 3.46. The Morgan fingerprint density at radius 1 is 1.29 bits per heavy atom. The topological polar surface area (TPSA) is 82.5 Å². The van der Waals surface area contributed by atoms with Crippen molar-refractivity contribution >= 4 is 11.8 Å². The van der Waals surface area contributed by atoms with Crippen LogP contribution in [0.3, 0.4) is 0 Å². The van der Waals surface area contributed by atoms with E-state index < -0.39 is 0 Å². The molecule has 2 heterocycles. The first-order valence-corrected chi connectivity index (χ1v) is 8.61. The average Bonchev–Trinajstić information content (AvgIpc) is 3.23. The number of hydrogen-bond donors (Lipinski definition) is 0. The minimum absolute atomic E-state index is 0.00898. The van der Waals surface area contributed by atoms with E-state index in [1.165, 1.54) is 10.7 Å². The van der Waals surface area contributed by atoms with Gasteiger partial charge in [0.05, 0.1) is 11.0 Å². The maximum atomic E-state index is 14.1. The Bertz CT molecular complexity index is 833. The molecule has 3 rings (SSSR count). The second-order valence-electron chi connectivity index (χ2n) is 5.30. The Morgan fingerprint density at radius 3 is 2.88 bits per heavy atom. The molecule has 9 heteroatoms. The summed E-state index contributed by atoms with van der Waals surface area (Å²) in [5.41, 5.74) is 1.28. The lowest BCUT2D eigenvalue weighted by Gasteiger charge is -2.08. The van der Waals surface area contributed by atoms with Gasteiger partial charge in [0, 0.05) is 6.42 Å². The molecule has 3 aromatic rings. The van der Waals surface area contributed by atoms with Gasteiger partial charge < -0.3 is 4.42 Å². The van der Waals surface area contributed by atoms with Crippen LogP contribution in [0, 0.1) is 12.7 Å². The van der Waals surface area contributed by atoms with Gasteiger partial charge in [-0.25, -0.2) is 4.39 Å². The highest BCUT2D eigenvalue weighted by molar-refractivity contribution is 7.98. The van der Waals surface area contributed by atoms with E-state index in [1.807, 2.05) is 20.8 Å². The summed E-state index contributed by atoms with van der Waals surface area (Å²) in [6.45, 7) is 5.82. The van der Waals surface area contributed by atoms with Crippen LogP contribution in [0.2, 0.25) is 0 Å². The quantitative estimate of drug-likeness (QED) is 0.677. The van der Waals surface area contributed by atoms with Crippen LogP contribution < -0.4 is 0 Å². The van der Waals surface area contributed by atoms with Crippen molar-refractivity contribution in [2.75, 3.05) is 0 Å². The molecule has 0 saturated heterocycles. The number of rotatable bonds is 6. The Morgan fingerprint density at radius 2 is 2.12 bits per heavy atom. The summed E-state index contributed by atoms with van der Waals surface area (Å²) >= 11 is 1.55. The molecule has 0 radical (unpaired) electrons. The summed E-state index contributed by atoms with van der Waals surface area (Å²) in [5, 5.41) is 19.6. The van der Waals surface area contributed by atoms with Gasteiger partial charge >= 0.3 is 0 Å². The first-order chi connectivity index (χ1) is 11.6. The summed E-state index contributed by atoms with van der Waals surface area (Å²) in [6, 6.07) is 4.84. The molecule has 0 amide bonds. The number of aryl methyl sites for hydroxylation is 2. The standard InChI is InChI=1S/C15H17FN6OS/c1-4-14-18-19-15(23-14)10(3)24-8-13-17-20-21-22(13)12-7-9(2)5-6-11(12)16/h5-7,10H,4,8H2,1-3H3. The number of thioether (sulfide) groups is 1. The van der Waals surface area contributed by atoms with Crippen molar-refractivity contribution in [3.8, 4) is 5.69 Å². The number of benzene rings is 1. The average molecular weight is 348 g/mol. The maximum absolute atomic E-state index is 14.1. The van der Waals surface area contributed by atoms with Gasteiger partial charge in [0.1, 0.15) is 11.5 Å². The van der Waals surface area contributed by atoms with Gasteiger partial charge in [0.2, 0.25) is 11.8 Å². The predicted molar refractivity (Wildman–Crippen MR) is 87.2 cm³/mol. The largest absolute Gasteiger partial charge is 0.424 e. The van der Waals surface area contributed by atoms with E-state index >= 15 is 0 Å². The molecular formula is C15H17FN6OS. The molecule has 24 heavy (non-hydrogen) atoms. The Hall–Kier alpha value is -2.29. The molecule has 1 atom stereocenters. The van der Waals surface area contributed by atoms with E-state index in [-0.39, 0.29) is 11.1 Å². The molecule has 0 aliphatic heterocycles. The number of tetrazole rings is 1. The fourth-order valence-electron chi connectivity index (χ4n) is 2.11. The van der Waals surface area contributed by atoms with E-state index in [9.17, 15) is 4.39 Å². The van der Waals surface area contributed by atoms with Crippen molar-refractivity contribution in [2.45, 2.75) is 38.2 Å². The molecule has 0 bridgehead atoms. The molecule has 0 fully saturated rings. The molecule has 1 unspecified atom stereocenters. The van der Waals surface area contributed by atoms with Gasteiger partial charge in [-0.05, 0) is 42.0 Å². The molecule has 126 valence electrons. The number of hydrogen-bond acceptors (Lipinski definition) is 7. The van der Waals surface area contributed by atoms with Crippen LogP contribution in [-0.2, 0) is 12.2 Å². The van der Waals surface area contributed by atoms with Crippen LogP contribution in [0.5, 0.6) is 0 Å². The molecular weight excluding hydrogens is 331 g/mol. The third kappa shape index (κ3) is 3.45. The SMILES string of the molecule is CCc1nnc(C(C)SCc2nnnn2-c2cc(C)ccc2F)o1. The van der Waals surface area contributed by atoms with E-state index in [4.69, 9.17) is 4.42 Å². The summed E-state index contributed by atoms with van der Waals surface area (Å²) in [5.74, 6) is 1.87. The van der Waals surface area contributed by atoms with Crippen molar-refractivity contribution in [1.82, 2.24) is 30.4 Å². The van der Waals surface area contributed by atoms with E-state index in [1.54, 1.807) is 23.9 Å². The van der Waals surface area contributed by atoms with Crippen LogP contribution in [0.15, 0.2) is 22.6 Å². The van der Waals surface area contributed by atoms with Crippen molar-refractivity contribution in [3.05, 3.63) is 47.2 Å². The molecule has 0 aliphatic rings. The van der Waals surface area contributed by atoms with Gasteiger partial charge in [0.15, 0.2) is 5.82 Å².